The highest BCUT2D eigenvalue weighted by atomic mass is 35.5. The Morgan fingerprint density at radius 3 is 2.00 bits per heavy atom. The predicted octanol–water partition coefficient (Wildman–Crippen LogP) is 5.32. The molecule has 6 heteroatoms. The third-order valence-corrected chi connectivity index (χ3v) is 4.50. The lowest BCUT2D eigenvalue weighted by Gasteiger charge is -2.38. The molecule has 0 radical (unpaired) electrons. The summed E-state index contributed by atoms with van der Waals surface area (Å²) in [5.74, 6) is -1.46. The number of alkyl halides is 3. The molecule has 1 aromatic heterocycles. The van der Waals surface area contributed by atoms with Crippen molar-refractivity contribution in [3.05, 3.63) is 101 Å². The molecule has 0 amide bonds. The van der Waals surface area contributed by atoms with Gasteiger partial charge in [0.15, 0.2) is 5.60 Å². The van der Waals surface area contributed by atoms with Crippen molar-refractivity contribution >= 4 is 11.6 Å². The van der Waals surface area contributed by atoms with E-state index in [1.54, 1.807) is 18.2 Å². The van der Waals surface area contributed by atoms with Gasteiger partial charge < -0.3 is 5.11 Å². The summed E-state index contributed by atoms with van der Waals surface area (Å²) in [4.78, 5) is 4.09. The molecular formula is C20H15ClF3NO. The average molecular weight is 378 g/mol. The molecule has 3 rings (SSSR count). The monoisotopic (exact) mass is 377 g/mol. The van der Waals surface area contributed by atoms with Gasteiger partial charge in [0.2, 0.25) is 0 Å². The average Bonchev–Trinajstić information content (AvgIpc) is 2.64. The Labute approximate surface area is 153 Å². The molecule has 0 bridgehead atoms. The molecule has 3 aromatic rings. The minimum absolute atomic E-state index is 0.110. The Balaban J connectivity index is 2.28. The zero-order chi connectivity index (χ0) is 18.8. The maximum absolute atomic E-state index is 14.2. The second-order valence-corrected chi connectivity index (χ2v) is 6.31. The molecular weight excluding hydrogens is 363 g/mol. The van der Waals surface area contributed by atoms with Crippen LogP contribution in [0.5, 0.6) is 0 Å². The molecule has 26 heavy (non-hydrogen) atoms. The van der Waals surface area contributed by atoms with Crippen LogP contribution in [0.25, 0.3) is 0 Å². The van der Waals surface area contributed by atoms with Crippen LogP contribution in [0, 0.1) is 0 Å². The second-order valence-electron chi connectivity index (χ2n) is 5.87. The number of nitrogens with zero attached hydrogens (tertiary/aromatic N) is 1. The summed E-state index contributed by atoms with van der Waals surface area (Å²) in [5.41, 5.74) is -3.04. The molecule has 2 unspecified atom stereocenters. The predicted molar refractivity (Wildman–Crippen MR) is 93.9 cm³/mol. The van der Waals surface area contributed by atoms with Crippen LogP contribution < -0.4 is 0 Å². The first-order valence-electron chi connectivity index (χ1n) is 7.85. The van der Waals surface area contributed by atoms with Crippen LogP contribution in [0.4, 0.5) is 13.2 Å². The molecule has 0 saturated carbocycles. The summed E-state index contributed by atoms with van der Waals surface area (Å²) in [7, 11) is 0. The fourth-order valence-electron chi connectivity index (χ4n) is 3.01. The van der Waals surface area contributed by atoms with Gasteiger partial charge >= 0.3 is 6.18 Å². The summed E-state index contributed by atoms with van der Waals surface area (Å²) < 4.78 is 42.6. The van der Waals surface area contributed by atoms with Gasteiger partial charge in [-0.15, -0.1) is 0 Å². The highest BCUT2D eigenvalue weighted by molar-refractivity contribution is 6.30. The van der Waals surface area contributed by atoms with Gasteiger partial charge in [-0.3, -0.25) is 4.98 Å². The quantitative estimate of drug-likeness (QED) is 0.667. The number of rotatable bonds is 4. The summed E-state index contributed by atoms with van der Waals surface area (Å²) >= 11 is 5.88. The molecule has 1 N–H and O–H groups in total. The van der Waals surface area contributed by atoms with Gasteiger partial charge in [-0.2, -0.15) is 13.2 Å². The summed E-state index contributed by atoms with van der Waals surface area (Å²) in [6, 6.07) is 17.7. The van der Waals surface area contributed by atoms with Crippen molar-refractivity contribution < 1.29 is 18.3 Å². The highest BCUT2D eigenvalue weighted by Gasteiger charge is 2.60. The lowest BCUT2D eigenvalue weighted by molar-refractivity contribution is -0.272. The van der Waals surface area contributed by atoms with Crippen molar-refractivity contribution in [3.8, 4) is 0 Å². The summed E-state index contributed by atoms with van der Waals surface area (Å²) in [5, 5.41) is 11.4. The SMILES string of the molecule is OC(c1ccccc1)(C(c1ccc(Cl)cc1)c1ccccn1)C(F)(F)F. The fourth-order valence-corrected chi connectivity index (χ4v) is 3.14. The van der Waals surface area contributed by atoms with Gasteiger partial charge in [-0.05, 0) is 35.4 Å². The van der Waals surface area contributed by atoms with Crippen LogP contribution in [0.1, 0.15) is 22.7 Å². The normalized spacial score (nSPS) is 15.3. The standard InChI is InChI=1S/C20H15ClF3NO/c21-16-11-9-14(10-12-16)18(17-8-4-5-13-25-17)19(26,20(22,23)24)15-6-2-1-3-7-15/h1-13,18,26H. The van der Waals surface area contributed by atoms with E-state index >= 15 is 0 Å². The van der Waals surface area contributed by atoms with Gasteiger partial charge in [0.1, 0.15) is 0 Å². The Morgan fingerprint density at radius 2 is 1.46 bits per heavy atom. The van der Waals surface area contributed by atoms with Crippen LogP contribution >= 0.6 is 11.6 Å². The number of pyridine rings is 1. The lowest BCUT2D eigenvalue weighted by Crippen LogP contribution is -2.48. The Hall–Kier alpha value is -2.37. The number of aliphatic hydroxyl groups is 1. The molecule has 2 nitrogen and oxygen atoms in total. The van der Waals surface area contributed by atoms with E-state index in [1.165, 1.54) is 60.8 Å². The van der Waals surface area contributed by atoms with Crippen molar-refractivity contribution in [2.45, 2.75) is 17.7 Å². The first-order valence-corrected chi connectivity index (χ1v) is 8.23. The van der Waals surface area contributed by atoms with Gasteiger partial charge in [0, 0.05) is 11.2 Å². The van der Waals surface area contributed by atoms with E-state index in [0.717, 1.165) is 0 Å². The second kappa shape index (κ2) is 7.09. The van der Waals surface area contributed by atoms with Gasteiger partial charge in [-0.25, -0.2) is 0 Å². The molecule has 2 atom stereocenters. The first kappa shape index (κ1) is 18.4. The van der Waals surface area contributed by atoms with E-state index in [9.17, 15) is 18.3 Å². The minimum Gasteiger partial charge on any atom is -0.376 e. The number of hydrogen-bond donors (Lipinski definition) is 1. The van der Waals surface area contributed by atoms with Crippen molar-refractivity contribution in [3.63, 3.8) is 0 Å². The van der Waals surface area contributed by atoms with Gasteiger partial charge in [-0.1, -0.05) is 60.1 Å². The molecule has 1 heterocycles. The van der Waals surface area contributed by atoms with E-state index in [2.05, 4.69) is 4.98 Å². The molecule has 0 fully saturated rings. The highest BCUT2D eigenvalue weighted by Crippen LogP contribution is 2.51. The fraction of sp³-hybridized carbons (Fsp3) is 0.150. The van der Waals surface area contributed by atoms with E-state index < -0.39 is 17.7 Å². The maximum Gasteiger partial charge on any atom is 0.422 e. The van der Waals surface area contributed by atoms with E-state index in [0.29, 0.717) is 5.02 Å². The van der Waals surface area contributed by atoms with Crippen LogP contribution in [-0.4, -0.2) is 16.3 Å². The molecule has 0 aliphatic carbocycles. The van der Waals surface area contributed by atoms with Crippen LogP contribution in [0.15, 0.2) is 79.0 Å². The number of hydrogen-bond acceptors (Lipinski definition) is 2. The van der Waals surface area contributed by atoms with Crippen molar-refractivity contribution in [2.24, 2.45) is 0 Å². The minimum atomic E-state index is -4.93. The summed E-state index contributed by atoms with van der Waals surface area (Å²) in [6.07, 6.45) is -3.53. The summed E-state index contributed by atoms with van der Waals surface area (Å²) in [6.45, 7) is 0. The third-order valence-electron chi connectivity index (χ3n) is 4.25. The number of aromatic nitrogens is 1. The van der Waals surface area contributed by atoms with Crippen molar-refractivity contribution in [1.29, 1.82) is 0 Å². The molecule has 2 aromatic carbocycles. The van der Waals surface area contributed by atoms with Crippen LogP contribution in [0.3, 0.4) is 0 Å². The van der Waals surface area contributed by atoms with Crippen LogP contribution in [0.2, 0.25) is 5.02 Å². The van der Waals surface area contributed by atoms with E-state index in [4.69, 9.17) is 11.6 Å². The van der Waals surface area contributed by atoms with Gasteiger partial charge in [0.05, 0.1) is 11.6 Å². The smallest absolute Gasteiger partial charge is 0.376 e. The van der Waals surface area contributed by atoms with Crippen LogP contribution in [-0.2, 0) is 5.60 Å². The number of halogens is 4. The van der Waals surface area contributed by atoms with Gasteiger partial charge in [0.25, 0.3) is 0 Å². The molecule has 0 aliphatic rings. The number of benzene rings is 2. The van der Waals surface area contributed by atoms with Crippen molar-refractivity contribution in [1.82, 2.24) is 4.98 Å². The third kappa shape index (κ3) is 3.32. The Bertz CT molecular complexity index is 854. The molecule has 0 saturated heterocycles. The molecule has 0 aliphatic heterocycles. The zero-order valence-corrected chi connectivity index (χ0v) is 14.2. The van der Waals surface area contributed by atoms with E-state index in [1.807, 2.05) is 0 Å². The molecule has 0 spiro atoms. The maximum atomic E-state index is 14.2. The van der Waals surface area contributed by atoms with E-state index in [-0.39, 0.29) is 16.8 Å². The lowest BCUT2D eigenvalue weighted by atomic mass is 9.74. The first-order chi connectivity index (χ1) is 12.3. The van der Waals surface area contributed by atoms with Crippen molar-refractivity contribution in [2.75, 3.05) is 0 Å². The largest absolute Gasteiger partial charge is 0.422 e. The topological polar surface area (TPSA) is 33.1 Å². The Kier molecular flexibility index (Phi) is 5.03. The zero-order valence-electron chi connectivity index (χ0n) is 13.5. The molecule has 134 valence electrons. The Morgan fingerprint density at radius 1 is 0.846 bits per heavy atom.